The third-order valence-electron chi connectivity index (χ3n) is 3.66. The van der Waals surface area contributed by atoms with Gasteiger partial charge in [0.15, 0.2) is 0 Å². The van der Waals surface area contributed by atoms with Gasteiger partial charge in [-0.15, -0.1) is 0 Å². The van der Waals surface area contributed by atoms with Crippen LogP contribution in [0.25, 0.3) is 0 Å². The highest BCUT2D eigenvalue weighted by Crippen LogP contribution is 2.12. The van der Waals surface area contributed by atoms with Crippen LogP contribution in [-0.4, -0.2) is 56.8 Å². The van der Waals surface area contributed by atoms with Crippen molar-refractivity contribution in [2.75, 3.05) is 46.0 Å². The molecule has 0 aromatic heterocycles. The van der Waals surface area contributed by atoms with Crippen molar-refractivity contribution in [1.82, 2.24) is 10.2 Å². The van der Waals surface area contributed by atoms with Gasteiger partial charge < -0.3 is 14.8 Å². The second kappa shape index (κ2) is 9.43. The maximum Gasteiger partial charge on any atom is 0.223 e. The van der Waals surface area contributed by atoms with Gasteiger partial charge in [0.2, 0.25) is 5.91 Å². The molecule has 1 saturated heterocycles. The molecule has 22 heavy (non-hydrogen) atoms. The molecule has 5 heteroatoms. The molecule has 1 aromatic carbocycles. The number of carbonyl (C=O) groups is 1. The molecule has 5 nitrogen and oxygen atoms in total. The molecule has 1 aromatic rings. The van der Waals surface area contributed by atoms with Gasteiger partial charge in [0.05, 0.1) is 26.2 Å². The zero-order chi connectivity index (χ0) is 15.6. The molecule has 0 saturated carbocycles. The quantitative estimate of drug-likeness (QED) is 0.741. The van der Waals surface area contributed by atoms with E-state index in [1.807, 2.05) is 31.2 Å². The number of morpholine rings is 1. The predicted molar refractivity (Wildman–Crippen MR) is 86.2 cm³/mol. The molecule has 1 fully saturated rings. The van der Waals surface area contributed by atoms with Crippen molar-refractivity contribution in [1.29, 1.82) is 0 Å². The van der Waals surface area contributed by atoms with Gasteiger partial charge in [0.1, 0.15) is 5.75 Å². The van der Waals surface area contributed by atoms with Crippen LogP contribution in [0, 0.1) is 6.92 Å². The van der Waals surface area contributed by atoms with Gasteiger partial charge in [0, 0.05) is 19.6 Å². The van der Waals surface area contributed by atoms with Crippen molar-refractivity contribution in [3.05, 3.63) is 29.8 Å². The SMILES string of the molecule is Cc1cccc(OCCC(=O)NCCCN2CCOCC2)c1. The molecule has 122 valence electrons. The molecule has 0 atom stereocenters. The van der Waals surface area contributed by atoms with Gasteiger partial charge in [-0.05, 0) is 37.6 Å². The zero-order valence-electron chi connectivity index (χ0n) is 13.3. The molecule has 1 aliphatic rings. The number of aryl methyl sites for hydroxylation is 1. The van der Waals surface area contributed by atoms with Gasteiger partial charge in [0.25, 0.3) is 0 Å². The van der Waals surface area contributed by atoms with Crippen molar-refractivity contribution >= 4 is 5.91 Å². The molecule has 0 spiro atoms. The summed E-state index contributed by atoms with van der Waals surface area (Å²) < 4.78 is 10.9. The van der Waals surface area contributed by atoms with E-state index < -0.39 is 0 Å². The van der Waals surface area contributed by atoms with Crippen LogP contribution >= 0.6 is 0 Å². The largest absolute Gasteiger partial charge is 0.493 e. The van der Waals surface area contributed by atoms with Gasteiger partial charge in [-0.2, -0.15) is 0 Å². The fourth-order valence-corrected chi connectivity index (χ4v) is 2.41. The van der Waals surface area contributed by atoms with E-state index in [9.17, 15) is 4.79 Å². The second-order valence-corrected chi connectivity index (χ2v) is 5.57. The highest BCUT2D eigenvalue weighted by atomic mass is 16.5. The number of carbonyl (C=O) groups excluding carboxylic acids is 1. The summed E-state index contributed by atoms with van der Waals surface area (Å²) >= 11 is 0. The molecule has 1 aliphatic heterocycles. The summed E-state index contributed by atoms with van der Waals surface area (Å²) in [5.74, 6) is 0.870. The zero-order valence-corrected chi connectivity index (χ0v) is 13.3. The van der Waals surface area contributed by atoms with E-state index in [0.29, 0.717) is 13.0 Å². The molecule has 1 N–H and O–H groups in total. The van der Waals surface area contributed by atoms with Crippen LogP contribution < -0.4 is 10.1 Å². The molecule has 0 bridgehead atoms. The van der Waals surface area contributed by atoms with Crippen LogP contribution in [0.5, 0.6) is 5.75 Å². The molecule has 1 amide bonds. The van der Waals surface area contributed by atoms with Gasteiger partial charge in [-0.25, -0.2) is 0 Å². The fourth-order valence-electron chi connectivity index (χ4n) is 2.41. The summed E-state index contributed by atoms with van der Waals surface area (Å²) in [6.07, 6.45) is 1.37. The minimum atomic E-state index is 0.0506. The summed E-state index contributed by atoms with van der Waals surface area (Å²) in [5, 5.41) is 2.94. The lowest BCUT2D eigenvalue weighted by atomic mass is 10.2. The van der Waals surface area contributed by atoms with Crippen LogP contribution in [0.1, 0.15) is 18.4 Å². The molecule has 0 aliphatic carbocycles. The number of ether oxygens (including phenoxy) is 2. The number of nitrogens with one attached hydrogen (secondary N) is 1. The first-order valence-electron chi connectivity index (χ1n) is 8.00. The summed E-state index contributed by atoms with van der Waals surface area (Å²) in [5.41, 5.74) is 1.16. The minimum absolute atomic E-state index is 0.0506. The molecular formula is C17H26N2O3. The van der Waals surface area contributed by atoms with Crippen LogP contribution in [0.3, 0.4) is 0 Å². The maximum absolute atomic E-state index is 11.7. The molecule has 1 heterocycles. The Labute approximate surface area is 132 Å². The second-order valence-electron chi connectivity index (χ2n) is 5.57. The monoisotopic (exact) mass is 306 g/mol. The van der Waals surface area contributed by atoms with E-state index >= 15 is 0 Å². The van der Waals surface area contributed by atoms with Gasteiger partial charge >= 0.3 is 0 Å². The van der Waals surface area contributed by atoms with Crippen molar-refractivity contribution in [3.8, 4) is 5.75 Å². The first-order valence-corrected chi connectivity index (χ1v) is 8.00. The molecule has 0 radical (unpaired) electrons. The lowest BCUT2D eigenvalue weighted by Crippen LogP contribution is -2.38. The summed E-state index contributed by atoms with van der Waals surface area (Å²) in [6, 6.07) is 7.86. The Morgan fingerprint density at radius 1 is 1.36 bits per heavy atom. The summed E-state index contributed by atoms with van der Waals surface area (Å²) in [6.45, 7) is 7.82. The Morgan fingerprint density at radius 3 is 2.95 bits per heavy atom. The predicted octanol–water partition coefficient (Wildman–Crippen LogP) is 1.60. The van der Waals surface area contributed by atoms with E-state index in [0.717, 1.165) is 57.1 Å². The third kappa shape index (κ3) is 6.45. The number of hydrogen-bond acceptors (Lipinski definition) is 4. The molecule has 2 rings (SSSR count). The van der Waals surface area contributed by atoms with Crippen molar-refractivity contribution in [2.24, 2.45) is 0 Å². The summed E-state index contributed by atoms with van der Waals surface area (Å²) in [7, 11) is 0. The van der Waals surface area contributed by atoms with Crippen molar-refractivity contribution in [2.45, 2.75) is 19.8 Å². The maximum atomic E-state index is 11.7. The van der Waals surface area contributed by atoms with Crippen LogP contribution in [0.2, 0.25) is 0 Å². The number of benzene rings is 1. The number of nitrogens with zero attached hydrogens (tertiary/aromatic N) is 1. The van der Waals surface area contributed by atoms with E-state index in [-0.39, 0.29) is 5.91 Å². The first-order chi connectivity index (χ1) is 10.7. The number of rotatable bonds is 8. The average molecular weight is 306 g/mol. The van der Waals surface area contributed by atoms with Crippen LogP contribution in [0.4, 0.5) is 0 Å². The third-order valence-corrected chi connectivity index (χ3v) is 3.66. The lowest BCUT2D eigenvalue weighted by molar-refractivity contribution is -0.121. The van der Waals surface area contributed by atoms with Crippen molar-refractivity contribution < 1.29 is 14.3 Å². The molecule has 0 unspecified atom stereocenters. The topological polar surface area (TPSA) is 50.8 Å². The first kappa shape index (κ1) is 16.8. The van der Waals surface area contributed by atoms with Gasteiger partial charge in [-0.3, -0.25) is 9.69 Å². The highest BCUT2D eigenvalue weighted by Gasteiger charge is 2.09. The van der Waals surface area contributed by atoms with E-state index in [1.165, 1.54) is 0 Å². The standard InChI is InChI=1S/C17H26N2O3/c1-15-4-2-5-16(14-15)22-11-6-17(20)18-7-3-8-19-9-12-21-13-10-19/h2,4-5,14H,3,6-13H2,1H3,(H,18,20). The normalized spacial score (nSPS) is 15.5. The fraction of sp³-hybridized carbons (Fsp3) is 0.588. The Hall–Kier alpha value is -1.59. The highest BCUT2D eigenvalue weighted by molar-refractivity contribution is 5.75. The smallest absolute Gasteiger partial charge is 0.223 e. The lowest BCUT2D eigenvalue weighted by Gasteiger charge is -2.26. The van der Waals surface area contributed by atoms with Crippen LogP contribution in [0.15, 0.2) is 24.3 Å². The Balaban J connectivity index is 1.50. The number of amides is 1. The summed E-state index contributed by atoms with van der Waals surface area (Å²) in [4.78, 5) is 14.1. The Kier molecular flexibility index (Phi) is 7.19. The molecular weight excluding hydrogens is 280 g/mol. The van der Waals surface area contributed by atoms with Crippen LogP contribution in [-0.2, 0) is 9.53 Å². The average Bonchev–Trinajstić information content (AvgIpc) is 2.53. The minimum Gasteiger partial charge on any atom is -0.493 e. The van der Waals surface area contributed by atoms with E-state index in [1.54, 1.807) is 0 Å². The Morgan fingerprint density at radius 2 is 2.18 bits per heavy atom. The number of hydrogen-bond donors (Lipinski definition) is 1. The van der Waals surface area contributed by atoms with E-state index in [4.69, 9.17) is 9.47 Å². The van der Waals surface area contributed by atoms with Crippen molar-refractivity contribution in [3.63, 3.8) is 0 Å². The van der Waals surface area contributed by atoms with E-state index in [2.05, 4.69) is 10.2 Å². The van der Waals surface area contributed by atoms with Gasteiger partial charge in [-0.1, -0.05) is 12.1 Å². The Bertz CT molecular complexity index is 459.